The maximum atomic E-state index is 12.3. The van der Waals surface area contributed by atoms with E-state index in [0.29, 0.717) is 24.3 Å². The zero-order valence-corrected chi connectivity index (χ0v) is 15.3. The van der Waals surface area contributed by atoms with Crippen LogP contribution in [0.1, 0.15) is 67.1 Å². The molecule has 0 N–H and O–H groups in total. The molecule has 0 fully saturated rings. The predicted octanol–water partition coefficient (Wildman–Crippen LogP) is 4.46. The molecule has 1 heterocycles. The van der Waals surface area contributed by atoms with Crippen LogP contribution in [0, 0.1) is 17.8 Å². The number of esters is 2. The number of ether oxygens (including phenoxy) is 2. The molecule has 0 aliphatic heterocycles. The van der Waals surface area contributed by atoms with E-state index in [2.05, 4.69) is 0 Å². The van der Waals surface area contributed by atoms with Crippen molar-refractivity contribution in [3.05, 3.63) is 21.4 Å². The molecule has 4 nitrogen and oxygen atoms in total. The highest BCUT2D eigenvalue weighted by molar-refractivity contribution is 7.10. The van der Waals surface area contributed by atoms with Gasteiger partial charge >= 0.3 is 11.9 Å². The summed E-state index contributed by atoms with van der Waals surface area (Å²) in [5, 5.41) is 1.66. The fraction of sp³-hybridized carbons (Fsp3) is 0.647. The van der Waals surface area contributed by atoms with E-state index in [-0.39, 0.29) is 10.8 Å². The van der Waals surface area contributed by atoms with Crippen LogP contribution in [0.5, 0.6) is 0 Å². The number of thiophene rings is 1. The molecule has 22 heavy (non-hydrogen) atoms. The number of carbonyl (C=O) groups is 2. The maximum Gasteiger partial charge on any atom is 0.340 e. The molecule has 0 bridgehead atoms. The van der Waals surface area contributed by atoms with Crippen molar-refractivity contribution in [2.75, 3.05) is 13.2 Å². The summed E-state index contributed by atoms with van der Waals surface area (Å²) in [6.45, 7) is 14.3. The standard InChI is InChI=1S/C17H26O4S/c1-11-13(15(19)21-10-17(5,6)7)12(8-22-11)14(18)20-9-16(2,3)4/h8H,9-10H2,1-7H3. The van der Waals surface area contributed by atoms with E-state index in [9.17, 15) is 9.59 Å². The molecule has 5 heteroatoms. The van der Waals surface area contributed by atoms with Crippen molar-refractivity contribution in [2.45, 2.75) is 48.5 Å². The molecular formula is C17H26O4S. The third-order valence-electron chi connectivity index (χ3n) is 2.67. The monoisotopic (exact) mass is 326 g/mol. The molecule has 1 rings (SSSR count). The van der Waals surface area contributed by atoms with E-state index in [1.54, 1.807) is 12.3 Å². The Morgan fingerprint density at radius 1 is 0.955 bits per heavy atom. The molecular weight excluding hydrogens is 300 g/mol. The van der Waals surface area contributed by atoms with Crippen LogP contribution in [0.2, 0.25) is 0 Å². The second kappa shape index (κ2) is 6.82. The largest absolute Gasteiger partial charge is 0.461 e. The average molecular weight is 326 g/mol. The third kappa shape index (κ3) is 5.79. The Morgan fingerprint density at radius 3 is 1.86 bits per heavy atom. The van der Waals surface area contributed by atoms with Crippen molar-refractivity contribution in [3.8, 4) is 0 Å². The van der Waals surface area contributed by atoms with E-state index >= 15 is 0 Å². The fourth-order valence-corrected chi connectivity index (χ4v) is 2.39. The van der Waals surface area contributed by atoms with Crippen molar-refractivity contribution < 1.29 is 19.1 Å². The van der Waals surface area contributed by atoms with Crippen molar-refractivity contribution in [1.82, 2.24) is 0 Å². The fourth-order valence-electron chi connectivity index (χ4n) is 1.57. The van der Waals surface area contributed by atoms with Gasteiger partial charge in [-0.1, -0.05) is 41.5 Å². The second-order valence-electron chi connectivity index (χ2n) is 7.85. The van der Waals surface area contributed by atoms with Crippen LogP contribution in [-0.2, 0) is 9.47 Å². The molecule has 124 valence electrons. The molecule has 1 aromatic heterocycles. The zero-order chi connectivity index (χ0) is 17.1. The molecule has 0 unspecified atom stereocenters. The lowest BCUT2D eigenvalue weighted by atomic mass is 9.98. The molecule has 0 radical (unpaired) electrons. The highest BCUT2D eigenvalue weighted by atomic mass is 32.1. The van der Waals surface area contributed by atoms with Gasteiger partial charge in [-0.3, -0.25) is 0 Å². The van der Waals surface area contributed by atoms with E-state index in [1.165, 1.54) is 11.3 Å². The predicted molar refractivity (Wildman–Crippen MR) is 88.5 cm³/mol. The van der Waals surface area contributed by atoms with Gasteiger partial charge in [-0.15, -0.1) is 11.3 Å². The Bertz CT molecular complexity index is 544. The van der Waals surface area contributed by atoms with Gasteiger partial charge in [-0.25, -0.2) is 9.59 Å². The first-order chi connectivity index (χ1) is 9.91. The Kier molecular flexibility index (Phi) is 5.79. The summed E-state index contributed by atoms with van der Waals surface area (Å²) in [7, 11) is 0. The van der Waals surface area contributed by atoms with Gasteiger partial charge in [0.2, 0.25) is 0 Å². The first-order valence-corrected chi connectivity index (χ1v) is 8.21. The number of rotatable bonds is 4. The minimum absolute atomic E-state index is 0.117. The molecule has 0 aliphatic carbocycles. The highest BCUT2D eigenvalue weighted by Gasteiger charge is 2.26. The minimum atomic E-state index is -0.470. The Labute approximate surface area is 136 Å². The highest BCUT2D eigenvalue weighted by Crippen LogP contribution is 2.25. The Balaban J connectivity index is 2.86. The minimum Gasteiger partial charge on any atom is -0.461 e. The molecule has 0 saturated heterocycles. The normalized spacial score (nSPS) is 12.1. The van der Waals surface area contributed by atoms with Crippen molar-refractivity contribution >= 4 is 23.3 Å². The number of aryl methyl sites for hydroxylation is 1. The summed E-state index contributed by atoms with van der Waals surface area (Å²) in [5.41, 5.74) is 0.388. The van der Waals surface area contributed by atoms with Crippen molar-refractivity contribution in [1.29, 1.82) is 0 Å². The van der Waals surface area contributed by atoms with Gasteiger partial charge in [0.25, 0.3) is 0 Å². The molecule has 0 aliphatic rings. The van der Waals surface area contributed by atoms with Crippen LogP contribution < -0.4 is 0 Å². The zero-order valence-electron chi connectivity index (χ0n) is 14.5. The lowest BCUT2D eigenvalue weighted by Crippen LogP contribution is -2.22. The number of carbonyl (C=O) groups excluding carboxylic acids is 2. The van der Waals surface area contributed by atoms with Crippen LogP contribution in [0.4, 0.5) is 0 Å². The van der Waals surface area contributed by atoms with Crippen LogP contribution >= 0.6 is 11.3 Å². The molecule has 0 atom stereocenters. The maximum absolute atomic E-state index is 12.3. The third-order valence-corrected chi connectivity index (χ3v) is 3.58. The Hall–Kier alpha value is -1.36. The number of hydrogen-bond donors (Lipinski definition) is 0. The summed E-state index contributed by atoms with van der Waals surface area (Å²) in [6, 6.07) is 0. The summed E-state index contributed by atoms with van der Waals surface area (Å²) in [6.07, 6.45) is 0. The van der Waals surface area contributed by atoms with Gasteiger partial charge in [-0.05, 0) is 17.8 Å². The summed E-state index contributed by atoms with van der Waals surface area (Å²) in [5.74, 6) is -0.932. The Morgan fingerprint density at radius 2 is 1.41 bits per heavy atom. The lowest BCUT2D eigenvalue weighted by molar-refractivity contribution is 0.0323. The quantitative estimate of drug-likeness (QED) is 0.766. The van der Waals surface area contributed by atoms with Crippen molar-refractivity contribution in [3.63, 3.8) is 0 Å². The molecule has 0 aromatic carbocycles. The van der Waals surface area contributed by atoms with Crippen molar-refractivity contribution in [2.24, 2.45) is 10.8 Å². The molecule has 0 saturated carbocycles. The van der Waals surface area contributed by atoms with E-state index in [0.717, 1.165) is 4.88 Å². The van der Waals surface area contributed by atoms with Gasteiger partial charge in [0.05, 0.1) is 24.3 Å². The van der Waals surface area contributed by atoms with Gasteiger partial charge in [0.15, 0.2) is 0 Å². The SMILES string of the molecule is Cc1scc(C(=O)OCC(C)(C)C)c1C(=O)OCC(C)(C)C. The van der Waals surface area contributed by atoms with E-state index in [4.69, 9.17) is 9.47 Å². The lowest BCUT2D eigenvalue weighted by Gasteiger charge is -2.19. The van der Waals surface area contributed by atoms with Gasteiger partial charge in [0.1, 0.15) is 0 Å². The van der Waals surface area contributed by atoms with E-state index < -0.39 is 11.9 Å². The van der Waals surface area contributed by atoms with Crippen LogP contribution in [-0.4, -0.2) is 25.2 Å². The van der Waals surface area contributed by atoms with Gasteiger partial charge in [0, 0.05) is 10.3 Å². The number of hydrogen-bond acceptors (Lipinski definition) is 5. The first kappa shape index (κ1) is 18.7. The molecule has 0 spiro atoms. The smallest absolute Gasteiger partial charge is 0.340 e. The van der Waals surface area contributed by atoms with Gasteiger partial charge in [-0.2, -0.15) is 0 Å². The second-order valence-corrected chi connectivity index (χ2v) is 8.94. The average Bonchev–Trinajstić information content (AvgIpc) is 2.73. The molecule has 0 amide bonds. The van der Waals surface area contributed by atoms with Crippen LogP contribution in [0.3, 0.4) is 0 Å². The van der Waals surface area contributed by atoms with Crippen LogP contribution in [0.15, 0.2) is 5.38 Å². The summed E-state index contributed by atoms with van der Waals surface area (Å²) in [4.78, 5) is 25.2. The summed E-state index contributed by atoms with van der Waals surface area (Å²) >= 11 is 1.35. The van der Waals surface area contributed by atoms with Gasteiger partial charge < -0.3 is 9.47 Å². The molecule has 1 aromatic rings. The first-order valence-electron chi connectivity index (χ1n) is 7.33. The van der Waals surface area contributed by atoms with E-state index in [1.807, 2.05) is 41.5 Å². The summed E-state index contributed by atoms with van der Waals surface area (Å²) < 4.78 is 10.6. The van der Waals surface area contributed by atoms with Crippen LogP contribution in [0.25, 0.3) is 0 Å². The topological polar surface area (TPSA) is 52.6 Å².